The van der Waals surface area contributed by atoms with Crippen molar-refractivity contribution in [3.63, 3.8) is 0 Å². The third-order valence-corrected chi connectivity index (χ3v) is 5.00. The van der Waals surface area contributed by atoms with E-state index in [1.807, 2.05) is 30.3 Å². The first-order valence-corrected chi connectivity index (χ1v) is 8.45. The molecule has 1 aromatic heterocycles. The van der Waals surface area contributed by atoms with E-state index in [4.69, 9.17) is 0 Å². The number of carbonyl (C=O) groups is 1. The molecule has 0 radical (unpaired) electrons. The average molecular weight is 309 g/mol. The van der Waals surface area contributed by atoms with Crippen LogP contribution in [0.1, 0.15) is 34.6 Å². The van der Waals surface area contributed by atoms with Gasteiger partial charge in [-0.25, -0.2) is 0 Å². The van der Waals surface area contributed by atoms with Crippen molar-refractivity contribution in [2.45, 2.75) is 26.7 Å². The third kappa shape index (κ3) is 2.77. The zero-order valence-corrected chi connectivity index (χ0v) is 13.7. The van der Waals surface area contributed by atoms with E-state index in [0.29, 0.717) is 0 Å². The number of hydrogen-bond donors (Lipinski definition) is 1. The smallest absolute Gasteiger partial charge is 0.265 e. The van der Waals surface area contributed by atoms with E-state index in [9.17, 15) is 4.79 Å². The second kappa shape index (κ2) is 6.32. The van der Waals surface area contributed by atoms with Gasteiger partial charge < -0.3 is 5.32 Å². The van der Waals surface area contributed by atoms with Crippen LogP contribution < -0.4 is 5.32 Å². The van der Waals surface area contributed by atoms with E-state index < -0.39 is 0 Å². The lowest BCUT2D eigenvalue weighted by Crippen LogP contribution is -2.13. The fraction of sp³-hybridized carbons (Fsp3) is 0.211. The zero-order chi connectivity index (χ0) is 15.5. The summed E-state index contributed by atoms with van der Waals surface area (Å²) in [7, 11) is 0. The molecule has 1 amide bonds. The Balaban J connectivity index is 1.94. The number of thiophene rings is 1. The summed E-state index contributed by atoms with van der Waals surface area (Å²) in [5.74, 6) is -0.0169. The molecule has 3 aromatic rings. The molecule has 112 valence electrons. The monoisotopic (exact) mass is 309 g/mol. The van der Waals surface area contributed by atoms with Gasteiger partial charge in [-0.05, 0) is 41.5 Å². The van der Waals surface area contributed by atoms with Gasteiger partial charge in [0, 0.05) is 10.4 Å². The number of hydrogen-bond acceptors (Lipinski definition) is 2. The minimum Gasteiger partial charge on any atom is -0.321 e. The lowest BCUT2D eigenvalue weighted by atomic mass is 10.0. The average Bonchev–Trinajstić information content (AvgIpc) is 2.99. The number of fused-ring (bicyclic) bond motifs is 1. The fourth-order valence-corrected chi connectivity index (χ4v) is 3.63. The van der Waals surface area contributed by atoms with Crippen LogP contribution in [-0.2, 0) is 12.8 Å². The van der Waals surface area contributed by atoms with Crippen molar-refractivity contribution in [2.24, 2.45) is 0 Å². The van der Waals surface area contributed by atoms with Crippen molar-refractivity contribution in [1.29, 1.82) is 0 Å². The number of aryl methyl sites for hydroxylation is 2. The second-order valence-corrected chi connectivity index (χ2v) is 6.34. The van der Waals surface area contributed by atoms with Crippen LogP contribution in [0.4, 0.5) is 5.69 Å². The number of anilines is 1. The molecule has 0 aliphatic rings. The molecule has 1 N–H and O–H groups in total. The summed E-state index contributed by atoms with van der Waals surface area (Å²) >= 11 is 1.54. The third-order valence-electron chi connectivity index (χ3n) is 3.89. The zero-order valence-electron chi connectivity index (χ0n) is 12.8. The fourth-order valence-electron chi connectivity index (χ4n) is 2.67. The normalized spacial score (nSPS) is 10.8. The maximum atomic E-state index is 12.6. The first kappa shape index (κ1) is 14.8. The van der Waals surface area contributed by atoms with Gasteiger partial charge in [-0.3, -0.25) is 4.79 Å². The van der Waals surface area contributed by atoms with Crippen molar-refractivity contribution in [3.05, 3.63) is 64.5 Å². The first-order chi connectivity index (χ1) is 10.7. The van der Waals surface area contributed by atoms with Crippen molar-refractivity contribution in [2.75, 3.05) is 5.32 Å². The molecule has 0 spiro atoms. The van der Waals surface area contributed by atoms with Crippen LogP contribution in [-0.4, -0.2) is 5.91 Å². The molecule has 1 heterocycles. The van der Waals surface area contributed by atoms with E-state index in [1.165, 1.54) is 22.5 Å². The van der Waals surface area contributed by atoms with Gasteiger partial charge in [0.15, 0.2) is 0 Å². The van der Waals surface area contributed by atoms with Crippen molar-refractivity contribution >= 4 is 33.0 Å². The predicted molar refractivity (Wildman–Crippen MR) is 95.0 cm³/mol. The van der Waals surface area contributed by atoms with E-state index in [-0.39, 0.29) is 5.91 Å². The summed E-state index contributed by atoms with van der Waals surface area (Å²) in [6.45, 7) is 4.23. The first-order valence-electron chi connectivity index (χ1n) is 7.63. The molecule has 0 saturated heterocycles. The second-order valence-electron chi connectivity index (χ2n) is 5.26. The number of rotatable bonds is 4. The van der Waals surface area contributed by atoms with Gasteiger partial charge in [-0.15, -0.1) is 11.3 Å². The van der Waals surface area contributed by atoms with Gasteiger partial charge in [-0.2, -0.15) is 0 Å². The molecule has 3 heteroatoms. The van der Waals surface area contributed by atoms with Gasteiger partial charge in [0.05, 0.1) is 4.88 Å². The highest BCUT2D eigenvalue weighted by atomic mass is 32.1. The van der Waals surface area contributed by atoms with Gasteiger partial charge >= 0.3 is 0 Å². The molecule has 0 aliphatic heterocycles. The Bertz CT molecular complexity index is 764. The molecule has 0 unspecified atom stereocenters. The number of nitrogens with one attached hydrogen (secondary N) is 1. The van der Waals surface area contributed by atoms with Gasteiger partial charge in [-0.1, -0.05) is 50.2 Å². The lowest BCUT2D eigenvalue weighted by Gasteiger charge is -2.13. The molecule has 0 bridgehead atoms. The predicted octanol–water partition coefficient (Wildman–Crippen LogP) is 5.28. The van der Waals surface area contributed by atoms with Gasteiger partial charge in [0.25, 0.3) is 5.91 Å². The van der Waals surface area contributed by atoms with Crippen LogP contribution in [0.3, 0.4) is 0 Å². The Morgan fingerprint density at radius 1 is 1.00 bits per heavy atom. The number of para-hydroxylation sites is 1. The molecule has 2 nitrogen and oxygen atoms in total. The molecule has 0 fully saturated rings. The lowest BCUT2D eigenvalue weighted by molar-refractivity contribution is 0.103. The number of amides is 1. The summed E-state index contributed by atoms with van der Waals surface area (Å²) in [6.07, 6.45) is 1.83. The van der Waals surface area contributed by atoms with E-state index in [0.717, 1.165) is 33.5 Å². The highest BCUT2D eigenvalue weighted by Gasteiger charge is 2.14. The van der Waals surface area contributed by atoms with Crippen LogP contribution in [0.2, 0.25) is 0 Å². The minimum atomic E-state index is -0.0169. The molecule has 3 rings (SSSR count). The SMILES string of the molecule is CCc1cccc(CC)c1NC(=O)c1cc2ccccc2s1. The van der Waals surface area contributed by atoms with Crippen molar-refractivity contribution in [1.82, 2.24) is 0 Å². The standard InChI is InChI=1S/C19H19NOS/c1-3-13-9-7-10-14(4-2)18(13)20-19(21)17-12-15-8-5-6-11-16(15)22-17/h5-12H,3-4H2,1-2H3,(H,20,21). The summed E-state index contributed by atoms with van der Waals surface area (Å²) in [5.41, 5.74) is 3.36. The van der Waals surface area contributed by atoms with Crippen LogP contribution >= 0.6 is 11.3 Å². The molecule has 2 aromatic carbocycles. The van der Waals surface area contributed by atoms with Crippen LogP contribution in [0, 0.1) is 0 Å². The van der Waals surface area contributed by atoms with E-state index in [1.54, 1.807) is 0 Å². The van der Waals surface area contributed by atoms with Gasteiger partial charge in [0.2, 0.25) is 0 Å². The Morgan fingerprint density at radius 2 is 1.68 bits per heavy atom. The van der Waals surface area contributed by atoms with Crippen LogP contribution in [0.15, 0.2) is 48.5 Å². The van der Waals surface area contributed by atoms with Crippen LogP contribution in [0.25, 0.3) is 10.1 Å². The largest absolute Gasteiger partial charge is 0.321 e. The highest BCUT2D eigenvalue weighted by Crippen LogP contribution is 2.28. The van der Waals surface area contributed by atoms with Gasteiger partial charge in [0.1, 0.15) is 0 Å². The summed E-state index contributed by atoms with van der Waals surface area (Å²) < 4.78 is 1.15. The van der Waals surface area contributed by atoms with Crippen molar-refractivity contribution in [3.8, 4) is 0 Å². The molecule has 0 saturated carbocycles. The Kier molecular flexibility index (Phi) is 4.25. The molecule has 22 heavy (non-hydrogen) atoms. The highest BCUT2D eigenvalue weighted by molar-refractivity contribution is 7.20. The van der Waals surface area contributed by atoms with Crippen molar-refractivity contribution < 1.29 is 4.79 Å². The maximum Gasteiger partial charge on any atom is 0.265 e. The van der Waals surface area contributed by atoms with Crippen LogP contribution in [0.5, 0.6) is 0 Å². The molecular weight excluding hydrogens is 290 g/mol. The van der Waals surface area contributed by atoms with E-state index >= 15 is 0 Å². The molecular formula is C19H19NOS. The Morgan fingerprint density at radius 3 is 2.32 bits per heavy atom. The molecule has 0 atom stereocenters. The Hall–Kier alpha value is -2.13. The summed E-state index contributed by atoms with van der Waals surface area (Å²) in [6, 6.07) is 16.3. The maximum absolute atomic E-state index is 12.6. The Labute approximate surface area is 134 Å². The topological polar surface area (TPSA) is 29.1 Å². The summed E-state index contributed by atoms with van der Waals surface area (Å²) in [4.78, 5) is 13.4. The number of carbonyl (C=O) groups excluding carboxylic acids is 1. The minimum absolute atomic E-state index is 0.0169. The summed E-state index contributed by atoms with van der Waals surface area (Å²) in [5, 5.41) is 4.25. The van der Waals surface area contributed by atoms with E-state index in [2.05, 4.69) is 37.4 Å². The molecule has 0 aliphatic carbocycles. The number of benzene rings is 2. The quantitative estimate of drug-likeness (QED) is 0.698.